The van der Waals surface area contributed by atoms with Crippen LogP contribution in [0.1, 0.15) is 67.7 Å². The van der Waals surface area contributed by atoms with E-state index < -0.39 is 0 Å². The van der Waals surface area contributed by atoms with E-state index in [1.165, 1.54) is 40.4 Å². The van der Waals surface area contributed by atoms with Gasteiger partial charge in [-0.25, -0.2) is 15.0 Å². The summed E-state index contributed by atoms with van der Waals surface area (Å²) in [7, 11) is 2.90. The fourth-order valence-electron chi connectivity index (χ4n) is 2.22. The predicted molar refractivity (Wildman–Crippen MR) is 137 cm³/mol. The van der Waals surface area contributed by atoms with Crippen LogP contribution in [0.25, 0.3) is 0 Å². The summed E-state index contributed by atoms with van der Waals surface area (Å²) in [6, 6.07) is 6.43. The van der Waals surface area contributed by atoms with Crippen LogP contribution in [0.2, 0.25) is 0 Å². The van der Waals surface area contributed by atoms with Crippen molar-refractivity contribution in [2.24, 2.45) is 0 Å². The molecule has 2 rings (SSSR count). The number of nitrogens with zero attached hydrogens (tertiary/aromatic N) is 3. The van der Waals surface area contributed by atoms with Crippen LogP contribution in [0.3, 0.4) is 0 Å². The molecular formula is C24H34ClMgN5O5. The van der Waals surface area contributed by atoms with Crippen LogP contribution in [-0.2, 0) is 14.4 Å². The summed E-state index contributed by atoms with van der Waals surface area (Å²) in [5.41, 5.74) is 0.976. The van der Waals surface area contributed by atoms with E-state index in [-0.39, 0.29) is 59.0 Å². The van der Waals surface area contributed by atoms with Gasteiger partial charge in [0.05, 0.1) is 12.7 Å². The van der Waals surface area contributed by atoms with E-state index in [0.717, 1.165) is 17.9 Å². The zero-order chi connectivity index (χ0) is 26.1. The Hall–Kier alpha value is -2.60. The van der Waals surface area contributed by atoms with Gasteiger partial charge < -0.3 is 30.0 Å². The summed E-state index contributed by atoms with van der Waals surface area (Å²) in [6.07, 6.45) is 5.22. The molecule has 0 saturated heterocycles. The van der Waals surface area contributed by atoms with Crippen molar-refractivity contribution >= 4 is 58.2 Å². The van der Waals surface area contributed by atoms with Crippen LogP contribution in [-0.4, -0.2) is 75.7 Å². The first-order valence-electron chi connectivity index (χ1n) is 10.7. The quantitative estimate of drug-likeness (QED) is 0.231. The summed E-state index contributed by atoms with van der Waals surface area (Å²) in [5.74, 6) is 0.277. The second-order valence-electron chi connectivity index (χ2n) is 6.88. The summed E-state index contributed by atoms with van der Waals surface area (Å²) in [6.45, 7) is 10.3. The van der Waals surface area contributed by atoms with Gasteiger partial charge in [-0.2, -0.15) is 6.42 Å². The zero-order valence-corrected chi connectivity index (χ0v) is 23.9. The number of ketones is 1. The van der Waals surface area contributed by atoms with Crippen LogP contribution in [0.4, 0.5) is 11.6 Å². The summed E-state index contributed by atoms with van der Waals surface area (Å²) in [4.78, 5) is 57.1. The smallest absolute Gasteiger partial charge is 1.00 e. The molecule has 0 atom stereocenters. The first kappa shape index (κ1) is 37.9. The molecule has 2 aromatic rings. The van der Waals surface area contributed by atoms with Crippen molar-refractivity contribution in [1.29, 1.82) is 0 Å². The van der Waals surface area contributed by atoms with Crippen molar-refractivity contribution in [1.82, 2.24) is 15.0 Å². The van der Waals surface area contributed by atoms with Crippen molar-refractivity contribution in [3.05, 3.63) is 54.7 Å². The van der Waals surface area contributed by atoms with Gasteiger partial charge in [-0.3, -0.25) is 24.0 Å². The Morgan fingerprint density at radius 3 is 1.64 bits per heavy atom. The number of pyridine rings is 2. The molecule has 0 aliphatic rings. The van der Waals surface area contributed by atoms with Crippen molar-refractivity contribution in [2.75, 3.05) is 24.8 Å². The van der Waals surface area contributed by atoms with E-state index in [9.17, 15) is 19.2 Å². The number of hydrogen-bond acceptors (Lipinski definition) is 7. The Morgan fingerprint density at radius 1 is 0.917 bits per heavy atom. The second kappa shape index (κ2) is 21.7. The van der Waals surface area contributed by atoms with Gasteiger partial charge in [-0.05, 0) is 30.7 Å². The van der Waals surface area contributed by atoms with Gasteiger partial charge in [0.2, 0.25) is 11.8 Å². The minimum absolute atomic E-state index is 0. The first-order valence-corrected chi connectivity index (χ1v) is 10.7. The van der Waals surface area contributed by atoms with Crippen LogP contribution < -0.4 is 23.0 Å². The minimum atomic E-state index is -0.302. The minimum Gasteiger partial charge on any atom is -1.00 e. The van der Waals surface area contributed by atoms with E-state index >= 15 is 0 Å². The molecule has 0 aliphatic heterocycles. The molecule has 2 aromatic heterocycles. The Balaban J connectivity index is -0.000000520. The number of hydroxylamine groups is 2. The molecule has 12 heteroatoms. The molecule has 0 fully saturated rings. The Labute approximate surface area is 235 Å². The molecule has 2 N–H and O–H groups in total. The molecule has 36 heavy (non-hydrogen) atoms. The third kappa shape index (κ3) is 16.1. The average Bonchev–Trinajstić information content (AvgIpc) is 2.79. The van der Waals surface area contributed by atoms with Gasteiger partial charge in [0.25, 0.3) is 5.91 Å². The van der Waals surface area contributed by atoms with Gasteiger partial charge >= 0.3 is 23.1 Å². The van der Waals surface area contributed by atoms with Gasteiger partial charge in [0.15, 0.2) is 5.78 Å². The van der Waals surface area contributed by atoms with Crippen molar-refractivity contribution in [3.8, 4) is 0 Å². The van der Waals surface area contributed by atoms with Crippen molar-refractivity contribution < 1.29 is 36.4 Å². The molecule has 0 aromatic carbocycles. The first-order chi connectivity index (χ1) is 16.1. The number of nitrogens with one attached hydrogen (secondary N) is 2. The maximum Gasteiger partial charge on any atom is 2.00 e. The number of carbonyl (C=O) groups excluding carboxylic acids is 4. The normalized spacial score (nSPS) is 8.86. The molecule has 0 bridgehead atoms. The number of rotatable bonds is 7. The number of anilines is 2. The molecule has 0 aliphatic carbocycles. The molecule has 3 amide bonds. The van der Waals surface area contributed by atoms with Gasteiger partial charge in [-0.1, -0.05) is 13.8 Å². The monoisotopic (exact) mass is 531 g/mol. The van der Waals surface area contributed by atoms with Crippen LogP contribution in [0.5, 0.6) is 0 Å². The largest absolute Gasteiger partial charge is 2.00 e. The summed E-state index contributed by atoms with van der Waals surface area (Å²) in [5, 5.41) is 6.14. The number of carbonyl (C=O) groups is 4. The van der Waals surface area contributed by atoms with E-state index in [1.54, 1.807) is 24.3 Å². The molecule has 0 spiro atoms. The molecular weight excluding hydrogens is 498 g/mol. The summed E-state index contributed by atoms with van der Waals surface area (Å²) >= 11 is 0. The molecule has 0 unspecified atom stereocenters. The van der Waals surface area contributed by atoms with E-state index in [2.05, 4.69) is 27.5 Å². The standard InChI is InChI=1S/C11H14N2O2.C10H13N3O3.C3H7.ClH.Mg/c1-3-4-10(15)9-5-6-11(12-7-9)13-8(2)14;1-7(14)12-9-5-4-8(6-11-9)10(15)13(2)16-3;1-3-2;;/h5-7H,3-4H2,1-2H3,(H,12,13,14);4-6H,1-3H3,(H,11,12,14);1,3H2,2H3;1H;/q;;-1;;+2/p-1. The molecule has 0 radical (unpaired) electrons. The van der Waals surface area contributed by atoms with Crippen LogP contribution in [0, 0.1) is 6.92 Å². The third-order valence-electron chi connectivity index (χ3n) is 3.74. The van der Waals surface area contributed by atoms with E-state index in [1.807, 2.05) is 13.8 Å². The number of hydrogen-bond donors (Lipinski definition) is 2. The SMILES string of the molecule is CCCC(=O)c1ccc(NC(C)=O)nc1.CON(C)C(=O)c1ccc(NC(C)=O)nc1.[CH2-]CC.[Cl-].[Mg+2]. The number of halogens is 1. The Morgan fingerprint density at radius 2 is 1.33 bits per heavy atom. The molecule has 10 nitrogen and oxygen atoms in total. The molecule has 2 heterocycles. The fourth-order valence-corrected chi connectivity index (χ4v) is 2.22. The maximum atomic E-state index is 11.6. The van der Waals surface area contributed by atoms with E-state index in [0.29, 0.717) is 29.2 Å². The zero-order valence-electron chi connectivity index (χ0n) is 21.8. The third-order valence-corrected chi connectivity index (χ3v) is 3.74. The number of Topliss-reactive ketones (excluding diaryl/α,β-unsaturated/α-hetero) is 1. The molecule has 0 saturated carbocycles. The Bertz CT molecular complexity index is 927. The molecule has 194 valence electrons. The van der Waals surface area contributed by atoms with E-state index in [4.69, 9.17) is 4.84 Å². The van der Waals surface area contributed by atoms with Gasteiger partial charge in [-0.15, -0.1) is 0 Å². The van der Waals surface area contributed by atoms with Crippen LogP contribution in [0.15, 0.2) is 36.7 Å². The average molecular weight is 532 g/mol. The maximum absolute atomic E-state index is 11.6. The van der Waals surface area contributed by atoms with Gasteiger partial charge in [0.1, 0.15) is 11.6 Å². The number of aromatic nitrogens is 2. The second-order valence-corrected chi connectivity index (χ2v) is 6.88. The van der Waals surface area contributed by atoms with Gasteiger partial charge in [0, 0.05) is 45.3 Å². The topological polar surface area (TPSA) is 131 Å². The van der Waals surface area contributed by atoms with Crippen LogP contribution >= 0.6 is 0 Å². The van der Waals surface area contributed by atoms with Crippen molar-refractivity contribution in [2.45, 2.75) is 47.0 Å². The fraction of sp³-hybridized carbons (Fsp3) is 0.375. The summed E-state index contributed by atoms with van der Waals surface area (Å²) < 4.78 is 0. The number of amides is 3. The van der Waals surface area contributed by atoms with Crippen molar-refractivity contribution in [3.63, 3.8) is 0 Å². The predicted octanol–water partition coefficient (Wildman–Crippen LogP) is 0.550. The Kier molecular flexibility index (Phi) is 22.8.